The Morgan fingerprint density at radius 3 is 1.67 bits per heavy atom. The first kappa shape index (κ1) is 28.5. The van der Waals surface area contributed by atoms with Crippen LogP contribution in [0.4, 0.5) is 5.69 Å². The Morgan fingerprint density at radius 1 is 0.788 bits per heavy atom. The molecule has 0 aliphatic heterocycles. The third-order valence-electron chi connectivity index (χ3n) is 4.15. The second-order valence-corrected chi connectivity index (χ2v) is 6.71. The van der Waals surface area contributed by atoms with Crippen molar-refractivity contribution in [3.63, 3.8) is 0 Å². The molecule has 0 radical (unpaired) electrons. The van der Waals surface area contributed by atoms with Crippen LogP contribution in [0.5, 0.6) is 5.75 Å². The lowest BCUT2D eigenvalue weighted by atomic mass is 10.2. The fourth-order valence-corrected chi connectivity index (χ4v) is 2.60. The van der Waals surface area contributed by atoms with E-state index in [1.165, 1.54) is 11.8 Å². The van der Waals surface area contributed by atoms with Gasteiger partial charge < -0.3 is 28.4 Å². The minimum absolute atomic E-state index is 0.134. The van der Waals surface area contributed by atoms with Gasteiger partial charge in [0.05, 0.1) is 66.1 Å². The number of ether oxygens (including phenoxy) is 6. The molecule has 1 aromatic carbocycles. The summed E-state index contributed by atoms with van der Waals surface area (Å²) in [4.78, 5) is 13.3. The number of carbonyl (C=O) groups is 1. The van der Waals surface area contributed by atoms with Gasteiger partial charge >= 0.3 is 0 Å². The maximum absolute atomic E-state index is 11.8. The summed E-state index contributed by atoms with van der Waals surface area (Å²) in [5.74, 6) is 0.558. The molecule has 1 aromatic rings. The van der Waals surface area contributed by atoms with E-state index in [1.807, 2.05) is 0 Å². The zero-order chi connectivity index (χ0) is 24.2. The summed E-state index contributed by atoms with van der Waals surface area (Å²) in [6.07, 6.45) is 3.25. The second kappa shape index (κ2) is 19.0. The summed E-state index contributed by atoms with van der Waals surface area (Å²) < 4.78 is 32.6. The summed E-state index contributed by atoms with van der Waals surface area (Å²) in [6.45, 7) is 18.1. The average Bonchev–Trinajstić information content (AvgIpc) is 2.81. The molecule has 1 amide bonds. The van der Waals surface area contributed by atoms with Gasteiger partial charge in [-0.2, -0.15) is 0 Å². The molecule has 8 heteroatoms. The topological polar surface area (TPSA) is 75.7 Å². The maximum Gasteiger partial charge on any atom is 0.228 e. The van der Waals surface area contributed by atoms with Crippen LogP contribution < -0.4 is 9.64 Å². The van der Waals surface area contributed by atoms with Crippen molar-refractivity contribution in [3.05, 3.63) is 61.9 Å². The summed E-state index contributed by atoms with van der Waals surface area (Å²) in [5, 5.41) is 0. The van der Waals surface area contributed by atoms with Crippen LogP contribution in [0.25, 0.3) is 0 Å². The number of nitrogens with zero attached hydrogens (tertiary/aromatic N) is 1. The van der Waals surface area contributed by atoms with Crippen LogP contribution in [0.2, 0.25) is 0 Å². The molecule has 33 heavy (non-hydrogen) atoms. The molecule has 184 valence electrons. The van der Waals surface area contributed by atoms with Crippen LogP contribution in [0, 0.1) is 0 Å². The number of allylic oxidation sites excluding steroid dienone is 1. The number of hydrogen-bond acceptors (Lipinski definition) is 7. The number of hydrogen-bond donors (Lipinski definition) is 0. The lowest BCUT2D eigenvalue weighted by molar-refractivity contribution is -0.116. The van der Waals surface area contributed by atoms with Crippen molar-refractivity contribution in [1.29, 1.82) is 0 Å². The highest BCUT2D eigenvalue weighted by molar-refractivity contribution is 5.95. The van der Waals surface area contributed by atoms with Gasteiger partial charge in [0.15, 0.2) is 0 Å². The van der Waals surface area contributed by atoms with E-state index in [9.17, 15) is 4.79 Å². The summed E-state index contributed by atoms with van der Waals surface area (Å²) in [7, 11) is 0. The summed E-state index contributed by atoms with van der Waals surface area (Å²) in [6, 6.07) is 7.19. The van der Waals surface area contributed by atoms with Crippen LogP contribution >= 0.6 is 0 Å². The Hall–Kier alpha value is -2.49. The van der Waals surface area contributed by atoms with Gasteiger partial charge in [-0.3, -0.25) is 9.69 Å². The van der Waals surface area contributed by atoms with Gasteiger partial charge in [-0.15, -0.1) is 6.58 Å². The van der Waals surface area contributed by atoms with Crippen molar-refractivity contribution in [3.8, 4) is 5.75 Å². The molecule has 0 aliphatic carbocycles. The van der Waals surface area contributed by atoms with Crippen molar-refractivity contribution in [2.45, 2.75) is 6.92 Å². The van der Waals surface area contributed by atoms with E-state index in [0.717, 1.165) is 0 Å². The van der Waals surface area contributed by atoms with E-state index in [1.54, 1.807) is 36.4 Å². The molecule has 0 N–H and O–H groups in total. The third-order valence-corrected chi connectivity index (χ3v) is 4.15. The fraction of sp³-hybridized carbons (Fsp3) is 0.480. The molecule has 0 saturated heterocycles. The zero-order valence-electron chi connectivity index (χ0n) is 19.7. The average molecular weight is 464 g/mol. The molecule has 0 aliphatic rings. The van der Waals surface area contributed by atoms with Gasteiger partial charge in [0.2, 0.25) is 5.91 Å². The van der Waals surface area contributed by atoms with Crippen molar-refractivity contribution >= 4 is 11.6 Å². The monoisotopic (exact) mass is 463 g/mol. The number of carbonyl (C=O) groups excluding carboxylic acids is 1. The lowest BCUT2D eigenvalue weighted by Gasteiger charge is -2.21. The predicted octanol–water partition coefficient (Wildman–Crippen LogP) is 3.39. The summed E-state index contributed by atoms with van der Waals surface area (Å²) in [5.41, 5.74) is 1.23. The number of benzene rings is 1. The van der Waals surface area contributed by atoms with E-state index in [0.29, 0.717) is 89.8 Å². The maximum atomic E-state index is 11.8. The van der Waals surface area contributed by atoms with E-state index >= 15 is 0 Å². The molecule has 0 aromatic heterocycles. The van der Waals surface area contributed by atoms with E-state index in [4.69, 9.17) is 28.4 Å². The first-order valence-electron chi connectivity index (χ1n) is 10.9. The van der Waals surface area contributed by atoms with Crippen LogP contribution in [-0.2, 0) is 28.5 Å². The van der Waals surface area contributed by atoms with Crippen LogP contribution in [0.1, 0.15) is 6.92 Å². The Labute approximate surface area is 197 Å². The SMILES string of the molecule is C=CCOCCOCCOCCOCCOCCOc1ccc(N(C(=C)C=C)C(C)=O)cc1. The van der Waals surface area contributed by atoms with Gasteiger partial charge in [-0.05, 0) is 30.3 Å². The highest BCUT2D eigenvalue weighted by atomic mass is 16.6. The Kier molecular flexibility index (Phi) is 16.5. The molecule has 8 nitrogen and oxygen atoms in total. The van der Waals surface area contributed by atoms with Crippen LogP contribution in [0.3, 0.4) is 0 Å². The third kappa shape index (κ3) is 13.6. The number of amides is 1. The molecule has 0 unspecified atom stereocenters. The minimum Gasteiger partial charge on any atom is -0.491 e. The number of anilines is 1. The van der Waals surface area contributed by atoms with E-state index in [2.05, 4.69) is 19.7 Å². The Bertz CT molecular complexity index is 691. The molecule has 0 spiro atoms. The number of rotatable bonds is 21. The molecule has 0 bridgehead atoms. The second-order valence-electron chi connectivity index (χ2n) is 6.71. The molecule has 0 saturated carbocycles. The molecular formula is C25H37NO7. The quantitative estimate of drug-likeness (QED) is 0.157. The zero-order valence-corrected chi connectivity index (χ0v) is 19.7. The molecule has 1 rings (SSSR count). The predicted molar refractivity (Wildman–Crippen MR) is 129 cm³/mol. The van der Waals surface area contributed by atoms with Crippen molar-refractivity contribution in [2.75, 3.05) is 77.6 Å². The van der Waals surface area contributed by atoms with Crippen molar-refractivity contribution in [1.82, 2.24) is 0 Å². The van der Waals surface area contributed by atoms with Gasteiger partial charge in [0.25, 0.3) is 0 Å². The lowest BCUT2D eigenvalue weighted by Crippen LogP contribution is -2.26. The normalized spacial score (nSPS) is 10.6. The molecule has 0 atom stereocenters. The van der Waals surface area contributed by atoms with Gasteiger partial charge in [-0.1, -0.05) is 19.2 Å². The minimum atomic E-state index is -0.134. The molecule has 0 fully saturated rings. The molecule has 0 heterocycles. The summed E-state index contributed by atoms with van der Waals surface area (Å²) >= 11 is 0. The largest absolute Gasteiger partial charge is 0.491 e. The van der Waals surface area contributed by atoms with Crippen LogP contribution in [-0.4, -0.2) is 78.6 Å². The van der Waals surface area contributed by atoms with E-state index in [-0.39, 0.29) is 5.91 Å². The Morgan fingerprint density at radius 2 is 1.24 bits per heavy atom. The van der Waals surface area contributed by atoms with Crippen molar-refractivity contribution in [2.24, 2.45) is 0 Å². The smallest absolute Gasteiger partial charge is 0.228 e. The standard InChI is InChI=1S/C25H37NO7/c1-5-11-28-12-13-29-14-15-30-16-17-31-18-19-32-20-21-33-25-9-7-24(8-10-25)26(23(4)27)22(3)6-2/h5-10H,1-3,11-21H2,4H3. The first-order chi connectivity index (χ1) is 16.1. The van der Waals surface area contributed by atoms with Crippen LogP contribution in [0.15, 0.2) is 61.9 Å². The van der Waals surface area contributed by atoms with Crippen molar-refractivity contribution < 1.29 is 33.2 Å². The highest BCUT2D eigenvalue weighted by Gasteiger charge is 2.12. The Balaban J connectivity index is 1.98. The molecular weight excluding hydrogens is 426 g/mol. The highest BCUT2D eigenvalue weighted by Crippen LogP contribution is 2.22. The van der Waals surface area contributed by atoms with E-state index < -0.39 is 0 Å². The fourth-order valence-electron chi connectivity index (χ4n) is 2.60. The van der Waals surface area contributed by atoms with Gasteiger partial charge in [0.1, 0.15) is 12.4 Å². The first-order valence-corrected chi connectivity index (χ1v) is 10.9. The van der Waals surface area contributed by atoms with Gasteiger partial charge in [-0.25, -0.2) is 0 Å². The van der Waals surface area contributed by atoms with Gasteiger partial charge in [0, 0.05) is 18.3 Å².